The molecule has 2 aromatic rings. The minimum absolute atomic E-state index is 0.194. The normalized spacial score (nSPS) is 17.6. The average molecular weight is 368 g/mol. The lowest BCUT2D eigenvalue weighted by molar-refractivity contribution is -0.137. The Labute approximate surface area is 146 Å². The predicted octanol–water partition coefficient (Wildman–Crippen LogP) is 4.01. The smallest absolute Gasteiger partial charge is 0.326 e. The molecule has 2 amide bonds. The van der Waals surface area contributed by atoms with Crippen LogP contribution in [0.15, 0.2) is 41.8 Å². The van der Waals surface area contributed by atoms with Gasteiger partial charge in [-0.3, -0.25) is 9.59 Å². The number of anilines is 1. The van der Waals surface area contributed by atoms with Crippen LogP contribution in [0.2, 0.25) is 0 Å². The van der Waals surface area contributed by atoms with Crippen LogP contribution in [0.5, 0.6) is 0 Å². The highest BCUT2D eigenvalue weighted by Gasteiger charge is 2.35. The fraction of sp³-hybridized carbons (Fsp3) is 0.294. The van der Waals surface area contributed by atoms with E-state index in [-0.39, 0.29) is 17.5 Å². The van der Waals surface area contributed by atoms with E-state index in [9.17, 15) is 22.8 Å². The van der Waals surface area contributed by atoms with Gasteiger partial charge in [0.1, 0.15) is 6.04 Å². The number of benzene rings is 1. The lowest BCUT2D eigenvalue weighted by Crippen LogP contribution is -2.42. The Bertz CT molecular complexity index is 757. The van der Waals surface area contributed by atoms with Crippen molar-refractivity contribution in [2.45, 2.75) is 25.1 Å². The molecule has 0 bridgehead atoms. The van der Waals surface area contributed by atoms with Crippen molar-refractivity contribution >= 4 is 28.8 Å². The van der Waals surface area contributed by atoms with Crippen LogP contribution in [0.25, 0.3) is 0 Å². The van der Waals surface area contributed by atoms with Gasteiger partial charge < -0.3 is 10.2 Å². The van der Waals surface area contributed by atoms with E-state index in [1.807, 2.05) is 0 Å². The molecule has 0 saturated carbocycles. The highest BCUT2D eigenvalue weighted by molar-refractivity contribution is 7.12. The number of thiophene rings is 1. The number of hydrogen-bond donors (Lipinski definition) is 1. The zero-order valence-corrected chi connectivity index (χ0v) is 13.9. The van der Waals surface area contributed by atoms with Crippen LogP contribution in [0.1, 0.15) is 28.1 Å². The van der Waals surface area contributed by atoms with E-state index < -0.39 is 17.8 Å². The number of likely N-dealkylation sites (tertiary alicyclic amines) is 1. The molecule has 3 rings (SSSR count). The van der Waals surface area contributed by atoms with E-state index in [0.29, 0.717) is 24.3 Å². The number of amides is 2. The van der Waals surface area contributed by atoms with Crippen LogP contribution >= 0.6 is 11.3 Å². The van der Waals surface area contributed by atoms with Crippen LogP contribution in [-0.4, -0.2) is 29.3 Å². The lowest BCUT2D eigenvalue weighted by Gasteiger charge is -2.23. The number of alkyl halides is 3. The molecule has 1 N–H and O–H groups in total. The van der Waals surface area contributed by atoms with E-state index in [4.69, 9.17) is 0 Å². The van der Waals surface area contributed by atoms with Gasteiger partial charge in [0, 0.05) is 12.2 Å². The van der Waals surface area contributed by atoms with E-state index >= 15 is 0 Å². The maximum atomic E-state index is 12.6. The number of halogens is 3. The van der Waals surface area contributed by atoms with Crippen molar-refractivity contribution in [3.63, 3.8) is 0 Å². The minimum atomic E-state index is -4.42. The molecule has 1 aromatic carbocycles. The van der Waals surface area contributed by atoms with Crippen molar-refractivity contribution in [3.8, 4) is 0 Å². The first-order chi connectivity index (χ1) is 11.9. The van der Waals surface area contributed by atoms with Gasteiger partial charge in [0.2, 0.25) is 5.91 Å². The van der Waals surface area contributed by atoms with Gasteiger partial charge >= 0.3 is 6.18 Å². The molecule has 1 unspecified atom stereocenters. The average Bonchev–Trinajstić information content (AvgIpc) is 3.25. The van der Waals surface area contributed by atoms with Gasteiger partial charge in [-0.2, -0.15) is 13.2 Å². The number of nitrogens with one attached hydrogen (secondary N) is 1. The van der Waals surface area contributed by atoms with Crippen LogP contribution < -0.4 is 5.32 Å². The van der Waals surface area contributed by atoms with Gasteiger partial charge in [-0.05, 0) is 48.6 Å². The summed E-state index contributed by atoms with van der Waals surface area (Å²) in [5.41, 5.74) is -0.505. The number of nitrogens with zero attached hydrogens (tertiary/aromatic N) is 1. The molecule has 2 heterocycles. The second kappa shape index (κ2) is 6.87. The number of rotatable bonds is 3. The lowest BCUT2D eigenvalue weighted by atomic mass is 10.1. The Morgan fingerprint density at radius 1 is 1.16 bits per heavy atom. The number of hydrogen-bond acceptors (Lipinski definition) is 3. The largest absolute Gasteiger partial charge is 0.416 e. The highest BCUT2D eigenvalue weighted by atomic mass is 32.1. The third kappa shape index (κ3) is 3.84. The molecule has 1 fully saturated rings. The van der Waals surface area contributed by atoms with Crippen LogP contribution in [0.4, 0.5) is 18.9 Å². The molecule has 1 aliphatic rings. The van der Waals surface area contributed by atoms with Crippen molar-refractivity contribution in [2.75, 3.05) is 11.9 Å². The Hall–Kier alpha value is -2.35. The van der Waals surface area contributed by atoms with Crippen molar-refractivity contribution in [2.24, 2.45) is 0 Å². The van der Waals surface area contributed by atoms with Crippen molar-refractivity contribution in [3.05, 3.63) is 52.2 Å². The van der Waals surface area contributed by atoms with Gasteiger partial charge in [0.15, 0.2) is 0 Å². The topological polar surface area (TPSA) is 49.4 Å². The zero-order valence-electron chi connectivity index (χ0n) is 13.0. The third-order valence-electron chi connectivity index (χ3n) is 4.03. The summed E-state index contributed by atoms with van der Waals surface area (Å²) in [6.45, 7) is 0.488. The summed E-state index contributed by atoms with van der Waals surface area (Å²) in [6, 6.07) is 7.11. The maximum Gasteiger partial charge on any atom is 0.416 e. The first kappa shape index (κ1) is 17.5. The summed E-state index contributed by atoms with van der Waals surface area (Å²) in [7, 11) is 0. The molecule has 0 aliphatic carbocycles. The molecule has 0 spiro atoms. The molecule has 4 nitrogen and oxygen atoms in total. The Kier molecular flexibility index (Phi) is 4.80. The first-order valence-electron chi connectivity index (χ1n) is 7.69. The molecule has 1 aliphatic heterocycles. The van der Waals surface area contributed by atoms with Crippen molar-refractivity contribution in [1.82, 2.24) is 4.90 Å². The Morgan fingerprint density at radius 2 is 1.88 bits per heavy atom. The Morgan fingerprint density at radius 3 is 2.48 bits per heavy atom. The summed E-state index contributed by atoms with van der Waals surface area (Å²) in [5.74, 6) is -0.581. The van der Waals surface area contributed by atoms with Crippen LogP contribution in [-0.2, 0) is 11.0 Å². The summed E-state index contributed by atoms with van der Waals surface area (Å²) < 4.78 is 37.7. The van der Waals surface area contributed by atoms with Crippen LogP contribution in [0.3, 0.4) is 0 Å². The molecule has 132 valence electrons. The monoisotopic (exact) mass is 368 g/mol. The van der Waals surface area contributed by atoms with E-state index in [0.717, 1.165) is 12.1 Å². The molecule has 0 radical (unpaired) electrons. The second-order valence-electron chi connectivity index (χ2n) is 5.70. The maximum absolute atomic E-state index is 12.6. The number of carbonyl (C=O) groups is 2. The molecule has 1 aromatic heterocycles. The van der Waals surface area contributed by atoms with Crippen molar-refractivity contribution in [1.29, 1.82) is 0 Å². The van der Waals surface area contributed by atoms with Gasteiger partial charge in [0.05, 0.1) is 10.4 Å². The standard InChI is InChI=1S/C17H15F3N2O2S/c18-17(19,20)11-5-7-12(8-6-11)21-15(23)13-3-1-9-22(13)16(24)14-4-2-10-25-14/h2,4-8,10,13H,1,3,9H2,(H,21,23). The van der Waals surface area contributed by atoms with Crippen LogP contribution in [0, 0.1) is 0 Å². The summed E-state index contributed by atoms with van der Waals surface area (Å²) in [4.78, 5) is 27.0. The fourth-order valence-corrected chi connectivity index (χ4v) is 3.47. The molecular weight excluding hydrogens is 353 g/mol. The Balaban J connectivity index is 1.69. The van der Waals surface area contributed by atoms with Gasteiger partial charge in [0.25, 0.3) is 5.91 Å². The number of carbonyl (C=O) groups excluding carboxylic acids is 2. The quantitative estimate of drug-likeness (QED) is 0.890. The highest BCUT2D eigenvalue weighted by Crippen LogP contribution is 2.30. The summed E-state index contributed by atoms with van der Waals surface area (Å²) in [5, 5.41) is 4.39. The van der Waals surface area contributed by atoms with Gasteiger partial charge in [-0.15, -0.1) is 11.3 Å². The minimum Gasteiger partial charge on any atom is -0.326 e. The summed E-state index contributed by atoms with van der Waals surface area (Å²) in [6.07, 6.45) is -3.18. The molecular formula is C17H15F3N2O2S. The van der Waals surface area contributed by atoms with Gasteiger partial charge in [-0.25, -0.2) is 0 Å². The SMILES string of the molecule is O=C(Nc1ccc(C(F)(F)F)cc1)C1CCCN1C(=O)c1cccs1. The molecule has 8 heteroatoms. The van der Waals surface area contributed by atoms with E-state index in [1.165, 1.54) is 28.4 Å². The molecule has 1 saturated heterocycles. The third-order valence-corrected chi connectivity index (χ3v) is 4.89. The predicted molar refractivity (Wildman–Crippen MR) is 88.5 cm³/mol. The fourth-order valence-electron chi connectivity index (χ4n) is 2.79. The summed E-state index contributed by atoms with van der Waals surface area (Å²) >= 11 is 1.31. The second-order valence-corrected chi connectivity index (χ2v) is 6.65. The molecule has 1 atom stereocenters. The van der Waals surface area contributed by atoms with E-state index in [2.05, 4.69) is 5.32 Å². The molecule has 25 heavy (non-hydrogen) atoms. The first-order valence-corrected chi connectivity index (χ1v) is 8.57. The van der Waals surface area contributed by atoms with E-state index in [1.54, 1.807) is 17.5 Å². The van der Waals surface area contributed by atoms with Crippen molar-refractivity contribution < 1.29 is 22.8 Å². The van der Waals surface area contributed by atoms with Gasteiger partial charge in [-0.1, -0.05) is 6.07 Å². The zero-order chi connectivity index (χ0) is 18.0.